The molecule has 0 radical (unpaired) electrons. The number of halogens is 1. The maximum Gasteiger partial charge on any atom is 0.240 e. The van der Waals surface area contributed by atoms with Crippen molar-refractivity contribution in [3.8, 4) is 5.75 Å². The monoisotopic (exact) mass is 426 g/mol. The van der Waals surface area contributed by atoms with Crippen molar-refractivity contribution in [2.24, 2.45) is 5.92 Å². The molecule has 1 fully saturated rings. The van der Waals surface area contributed by atoms with E-state index in [1.54, 1.807) is 12.0 Å². The van der Waals surface area contributed by atoms with E-state index in [0.717, 1.165) is 28.9 Å². The van der Waals surface area contributed by atoms with E-state index in [4.69, 9.17) is 9.47 Å². The van der Waals surface area contributed by atoms with E-state index in [1.807, 2.05) is 25.2 Å². The first kappa shape index (κ1) is 21.2. The molecule has 3 atom stereocenters. The van der Waals surface area contributed by atoms with Crippen molar-refractivity contribution < 1.29 is 14.3 Å². The Morgan fingerprint density at radius 3 is 2.50 bits per heavy atom. The second-order valence-corrected chi connectivity index (χ2v) is 8.47. The van der Waals surface area contributed by atoms with Crippen molar-refractivity contribution in [2.75, 3.05) is 27.2 Å². The maximum atomic E-state index is 13.3. The third-order valence-corrected chi connectivity index (χ3v) is 5.25. The van der Waals surface area contributed by atoms with E-state index in [1.165, 1.54) is 0 Å². The number of rotatable bonds is 6. The number of amides is 1. The first-order valence-electron chi connectivity index (χ1n) is 9.19. The largest absolute Gasteiger partial charge is 0.496 e. The van der Waals surface area contributed by atoms with Gasteiger partial charge in [0.25, 0.3) is 0 Å². The smallest absolute Gasteiger partial charge is 0.240 e. The number of hydrogen-bond donors (Lipinski definition) is 0. The molecule has 0 aliphatic carbocycles. The van der Waals surface area contributed by atoms with Gasteiger partial charge in [-0.15, -0.1) is 0 Å². The standard InChI is InChI=1S/C20H31BrN2O3/c1-13(2)19(23-10-14(3)26-15(4)11-23)20(24)22(5)12-16-9-17(21)7-8-18(16)25-6/h7-9,13-15,19H,10-12H2,1-6H3/t14-,15+,19-/m1/s1. The van der Waals surface area contributed by atoms with Crippen LogP contribution in [0.2, 0.25) is 0 Å². The van der Waals surface area contributed by atoms with Crippen LogP contribution in [0.3, 0.4) is 0 Å². The van der Waals surface area contributed by atoms with Gasteiger partial charge in [-0.3, -0.25) is 9.69 Å². The summed E-state index contributed by atoms with van der Waals surface area (Å²) in [6.07, 6.45) is 0.284. The Morgan fingerprint density at radius 2 is 1.96 bits per heavy atom. The molecule has 6 heteroatoms. The third-order valence-electron chi connectivity index (χ3n) is 4.75. The molecule has 0 bridgehead atoms. The lowest BCUT2D eigenvalue weighted by molar-refractivity contribution is -0.144. The van der Waals surface area contributed by atoms with Gasteiger partial charge in [0.1, 0.15) is 5.75 Å². The number of morpholine rings is 1. The Labute approximate surface area is 165 Å². The first-order valence-corrected chi connectivity index (χ1v) is 9.99. The zero-order valence-electron chi connectivity index (χ0n) is 16.7. The van der Waals surface area contributed by atoms with Gasteiger partial charge >= 0.3 is 0 Å². The fraction of sp³-hybridized carbons (Fsp3) is 0.650. The van der Waals surface area contributed by atoms with Crippen LogP contribution >= 0.6 is 15.9 Å². The van der Waals surface area contributed by atoms with Crippen molar-refractivity contribution in [1.29, 1.82) is 0 Å². The molecule has 1 aromatic carbocycles. The lowest BCUT2D eigenvalue weighted by Gasteiger charge is -2.42. The van der Waals surface area contributed by atoms with Crippen LogP contribution in [0.1, 0.15) is 33.3 Å². The normalized spacial score (nSPS) is 22.3. The summed E-state index contributed by atoms with van der Waals surface area (Å²) < 4.78 is 12.3. The average Bonchev–Trinajstić information content (AvgIpc) is 2.53. The molecule has 0 spiro atoms. The summed E-state index contributed by atoms with van der Waals surface area (Å²) in [7, 11) is 3.52. The topological polar surface area (TPSA) is 42.0 Å². The molecule has 1 amide bonds. The number of methoxy groups -OCH3 is 1. The molecular weight excluding hydrogens is 396 g/mol. The Balaban J connectivity index is 2.17. The highest BCUT2D eigenvalue weighted by atomic mass is 79.9. The highest BCUT2D eigenvalue weighted by Gasteiger charge is 2.35. The van der Waals surface area contributed by atoms with Crippen molar-refractivity contribution in [2.45, 2.75) is 52.5 Å². The second-order valence-electron chi connectivity index (χ2n) is 7.55. The lowest BCUT2D eigenvalue weighted by atomic mass is 9.99. The molecule has 26 heavy (non-hydrogen) atoms. The van der Waals surface area contributed by atoms with Crippen LogP contribution in [-0.2, 0) is 16.1 Å². The number of carbonyl (C=O) groups is 1. The number of hydrogen-bond acceptors (Lipinski definition) is 4. The average molecular weight is 427 g/mol. The Hall–Kier alpha value is -1.11. The Kier molecular flexibility index (Phi) is 7.50. The van der Waals surface area contributed by atoms with Gasteiger partial charge in [-0.05, 0) is 38.0 Å². The minimum Gasteiger partial charge on any atom is -0.496 e. The van der Waals surface area contributed by atoms with Crippen molar-refractivity contribution in [3.63, 3.8) is 0 Å². The highest BCUT2D eigenvalue weighted by Crippen LogP contribution is 2.25. The van der Waals surface area contributed by atoms with Gasteiger partial charge in [-0.25, -0.2) is 0 Å². The molecule has 146 valence electrons. The first-order chi connectivity index (χ1) is 12.2. The molecule has 0 saturated carbocycles. The van der Waals surface area contributed by atoms with Crippen LogP contribution in [0.5, 0.6) is 5.75 Å². The quantitative estimate of drug-likeness (QED) is 0.697. The Bertz CT molecular complexity index is 613. The van der Waals surface area contributed by atoms with E-state index < -0.39 is 0 Å². The van der Waals surface area contributed by atoms with Crippen LogP contribution in [-0.4, -0.2) is 61.2 Å². The zero-order chi connectivity index (χ0) is 19.4. The van der Waals surface area contributed by atoms with Gasteiger partial charge < -0.3 is 14.4 Å². The SMILES string of the molecule is COc1ccc(Br)cc1CN(C)C(=O)[C@@H](C(C)C)N1C[C@@H](C)O[C@@H](C)C1. The molecule has 5 nitrogen and oxygen atoms in total. The summed E-state index contributed by atoms with van der Waals surface area (Å²) in [5.41, 5.74) is 0.990. The van der Waals surface area contributed by atoms with Gasteiger partial charge in [0.05, 0.1) is 25.4 Å². The van der Waals surface area contributed by atoms with Crippen molar-refractivity contribution in [3.05, 3.63) is 28.2 Å². The molecule has 0 N–H and O–H groups in total. The number of likely N-dealkylation sites (N-methyl/N-ethyl adjacent to an activating group) is 1. The molecule has 1 aliphatic heterocycles. The minimum atomic E-state index is -0.146. The summed E-state index contributed by atoms with van der Waals surface area (Å²) >= 11 is 3.50. The third kappa shape index (κ3) is 5.21. The van der Waals surface area contributed by atoms with E-state index in [0.29, 0.717) is 6.54 Å². The molecule has 2 rings (SSSR count). The van der Waals surface area contributed by atoms with E-state index in [-0.39, 0.29) is 30.1 Å². The van der Waals surface area contributed by atoms with E-state index in [9.17, 15) is 4.79 Å². The van der Waals surface area contributed by atoms with Crippen LogP contribution < -0.4 is 4.74 Å². The molecule has 0 aromatic heterocycles. The van der Waals surface area contributed by atoms with Crippen LogP contribution in [0, 0.1) is 5.92 Å². The van der Waals surface area contributed by atoms with Crippen LogP contribution in [0.4, 0.5) is 0 Å². The minimum absolute atomic E-state index is 0.142. The zero-order valence-corrected chi connectivity index (χ0v) is 18.2. The highest BCUT2D eigenvalue weighted by molar-refractivity contribution is 9.10. The van der Waals surface area contributed by atoms with Crippen molar-refractivity contribution in [1.82, 2.24) is 9.80 Å². The van der Waals surface area contributed by atoms with Gasteiger partial charge in [-0.2, -0.15) is 0 Å². The fourth-order valence-electron chi connectivity index (χ4n) is 3.74. The molecule has 0 unspecified atom stereocenters. The van der Waals surface area contributed by atoms with Gasteiger partial charge in [-0.1, -0.05) is 29.8 Å². The summed E-state index contributed by atoms with van der Waals surface area (Å²) in [4.78, 5) is 17.4. The number of benzene rings is 1. The van der Waals surface area contributed by atoms with Crippen LogP contribution in [0.15, 0.2) is 22.7 Å². The lowest BCUT2D eigenvalue weighted by Crippen LogP contribution is -2.57. The van der Waals surface area contributed by atoms with Gasteiger partial charge in [0.15, 0.2) is 0 Å². The van der Waals surface area contributed by atoms with E-state index in [2.05, 4.69) is 48.5 Å². The fourth-order valence-corrected chi connectivity index (χ4v) is 4.15. The molecule has 1 heterocycles. The predicted octanol–water partition coefficient (Wildman–Crippen LogP) is 3.55. The number of carbonyl (C=O) groups excluding carboxylic acids is 1. The van der Waals surface area contributed by atoms with E-state index >= 15 is 0 Å². The Morgan fingerprint density at radius 1 is 1.35 bits per heavy atom. The van der Waals surface area contributed by atoms with Crippen molar-refractivity contribution >= 4 is 21.8 Å². The summed E-state index contributed by atoms with van der Waals surface area (Å²) in [6.45, 7) is 10.4. The molecule has 1 aromatic rings. The van der Waals surface area contributed by atoms with Gasteiger partial charge in [0, 0.05) is 36.7 Å². The van der Waals surface area contributed by atoms with Gasteiger partial charge in [0.2, 0.25) is 5.91 Å². The summed E-state index contributed by atoms with van der Waals surface area (Å²) in [6, 6.07) is 5.72. The van der Waals surface area contributed by atoms with Crippen LogP contribution in [0.25, 0.3) is 0 Å². The summed E-state index contributed by atoms with van der Waals surface area (Å²) in [5.74, 6) is 1.16. The summed E-state index contributed by atoms with van der Waals surface area (Å²) in [5, 5.41) is 0. The maximum absolute atomic E-state index is 13.3. The predicted molar refractivity (Wildman–Crippen MR) is 107 cm³/mol. The number of nitrogens with zero attached hydrogens (tertiary/aromatic N) is 2. The second kappa shape index (κ2) is 9.20. The molecule has 1 saturated heterocycles. The molecular formula is C20H31BrN2O3. The molecule has 1 aliphatic rings. The number of ether oxygens (including phenoxy) is 2.